The normalized spacial score (nSPS) is 14.7. The summed E-state index contributed by atoms with van der Waals surface area (Å²) < 4.78 is 5.76. The number of esters is 1. The number of carbonyl (C=O) groups excluding carboxylic acids is 1. The lowest BCUT2D eigenvalue weighted by Crippen LogP contribution is -2.29. The third-order valence-electron chi connectivity index (χ3n) is 4.48. The fraction of sp³-hybridized carbons (Fsp3) is 0.286. The molecule has 2 aromatic carbocycles. The minimum Gasteiger partial charge on any atom is -0.466 e. The molecule has 1 heterocycles. The molecule has 130 valence electrons. The summed E-state index contributed by atoms with van der Waals surface area (Å²) in [7, 11) is 1.38. The van der Waals surface area contributed by atoms with E-state index in [0.29, 0.717) is 0 Å². The number of halogens is 1. The molecule has 1 aliphatic rings. The summed E-state index contributed by atoms with van der Waals surface area (Å²) in [5, 5.41) is 0. The van der Waals surface area contributed by atoms with Gasteiger partial charge in [0.1, 0.15) is 0 Å². The Hall–Kier alpha value is -2.07. The van der Waals surface area contributed by atoms with Gasteiger partial charge >= 0.3 is 5.97 Å². The molecule has 0 N–H and O–H groups in total. The number of hydrogen-bond donors (Lipinski definition) is 0. The first-order chi connectivity index (χ1) is 12.2. The van der Waals surface area contributed by atoms with Crippen LogP contribution < -0.4 is 4.90 Å². The molecule has 2 aromatic rings. The Morgan fingerprint density at radius 1 is 1.08 bits per heavy atom. The zero-order valence-corrected chi connectivity index (χ0v) is 16.0. The SMILES string of the molecule is COC(=O)/C=C/c1cccc(-c2ccc(N3CCCCC3)c(Br)c2)c1. The Bertz CT molecular complexity index is 779. The maximum absolute atomic E-state index is 11.3. The van der Waals surface area contributed by atoms with Gasteiger partial charge in [-0.3, -0.25) is 0 Å². The zero-order chi connectivity index (χ0) is 17.6. The second-order valence-corrected chi connectivity index (χ2v) is 7.05. The summed E-state index contributed by atoms with van der Waals surface area (Å²) in [6.45, 7) is 2.26. The molecule has 0 saturated carbocycles. The van der Waals surface area contributed by atoms with Crippen LogP contribution in [0.5, 0.6) is 0 Å². The molecule has 1 aliphatic heterocycles. The first-order valence-electron chi connectivity index (χ1n) is 8.58. The van der Waals surface area contributed by atoms with Gasteiger partial charge in [0.15, 0.2) is 0 Å². The molecule has 3 rings (SSSR count). The number of ether oxygens (including phenoxy) is 1. The average Bonchev–Trinajstić information content (AvgIpc) is 2.67. The fourth-order valence-corrected chi connectivity index (χ4v) is 3.76. The van der Waals surface area contributed by atoms with E-state index in [0.717, 1.165) is 34.3 Å². The van der Waals surface area contributed by atoms with Gasteiger partial charge in [-0.15, -0.1) is 0 Å². The van der Waals surface area contributed by atoms with Crippen LogP contribution in [0.1, 0.15) is 24.8 Å². The topological polar surface area (TPSA) is 29.5 Å². The third kappa shape index (κ3) is 4.51. The molecule has 0 unspecified atom stereocenters. The van der Waals surface area contributed by atoms with E-state index >= 15 is 0 Å². The van der Waals surface area contributed by atoms with Gasteiger partial charge in [0.25, 0.3) is 0 Å². The van der Waals surface area contributed by atoms with Crippen molar-refractivity contribution >= 4 is 33.7 Å². The molecule has 0 aromatic heterocycles. The largest absolute Gasteiger partial charge is 0.466 e. The van der Waals surface area contributed by atoms with Gasteiger partial charge in [0.2, 0.25) is 0 Å². The minimum atomic E-state index is -0.348. The van der Waals surface area contributed by atoms with Crippen LogP contribution in [0.15, 0.2) is 53.0 Å². The van der Waals surface area contributed by atoms with E-state index in [1.807, 2.05) is 12.1 Å². The van der Waals surface area contributed by atoms with Gasteiger partial charge in [-0.25, -0.2) is 4.79 Å². The quantitative estimate of drug-likeness (QED) is 0.516. The monoisotopic (exact) mass is 399 g/mol. The van der Waals surface area contributed by atoms with Crippen LogP contribution in [0.25, 0.3) is 17.2 Å². The first kappa shape index (κ1) is 17.7. The number of benzene rings is 2. The summed E-state index contributed by atoms with van der Waals surface area (Å²) in [4.78, 5) is 13.7. The highest BCUT2D eigenvalue weighted by molar-refractivity contribution is 9.10. The summed E-state index contributed by atoms with van der Waals surface area (Å²) >= 11 is 3.74. The molecule has 1 saturated heterocycles. The Morgan fingerprint density at radius 2 is 1.84 bits per heavy atom. The molecule has 1 fully saturated rings. The van der Waals surface area contributed by atoms with Gasteiger partial charge in [0, 0.05) is 23.6 Å². The van der Waals surface area contributed by atoms with Gasteiger partial charge < -0.3 is 9.64 Å². The van der Waals surface area contributed by atoms with Crippen molar-refractivity contribution in [3.05, 3.63) is 58.6 Å². The van der Waals surface area contributed by atoms with Gasteiger partial charge in [-0.2, -0.15) is 0 Å². The smallest absolute Gasteiger partial charge is 0.330 e. The van der Waals surface area contributed by atoms with Crippen molar-refractivity contribution in [3.63, 3.8) is 0 Å². The summed E-state index contributed by atoms with van der Waals surface area (Å²) in [5.41, 5.74) is 4.52. The van der Waals surface area contributed by atoms with Crippen molar-refractivity contribution in [2.24, 2.45) is 0 Å². The Labute approximate surface area is 157 Å². The molecule has 0 spiro atoms. The minimum absolute atomic E-state index is 0.348. The highest BCUT2D eigenvalue weighted by Gasteiger charge is 2.14. The van der Waals surface area contributed by atoms with Gasteiger partial charge in [-0.1, -0.05) is 24.3 Å². The van der Waals surface area contributed by atoms with E-state index in [-0.39, 0.29) is 5.97 Å². The molecule has 0 aliphatic carbocycles. The summed E-state index contributed by atoms with van der Waals surface area (Å²) in [6, 6.07) is 14.7. The van der Waals surface area contributed by atoms with Crippen molar-refractivity contribution in [1.82, 2.24) is 0 Å². The zero-order valence-electron chi connectivity index (χ0n) is 14.4. The predicted octanol–water partition coefficient (Wildman–Crippen LogP) is 5.29. The second kappa shape index (κ2) is 8.34. The first-order valence-corrected chi connectivity index (χ1v) is 9.37. The molecule has 25 heavy (non-hydrogen) atoms. The standard InChI is InChI=1S/C21H22BrNO2/c1-25-21(24)11-8-16-6-5-7-17(14-16)18-9-10-20(19(22)15-18)23-12-3-2-4-13-23/h5-11,14-15H,2-4,12-13H2,1H3/b11-8+. The molecular formula is C21H22BrNO2. The summed E-state index contributed by atoms with van der Waals surface area (Å²) in [6.07, 6.45) is 7.07. The lowest BCUT2D eigenvalue weighted by atomic mass is 10.0. The number of rotatable bonds is 4. The van der Waals surface area contributed by atoms with Crippen molar-refractivity contribution in [3.8, 4) is 11.1 Å². The number of methoxy groups -OCH3 is 1. The van der Waals surface area contributed by atoms with Crippen LogP contribution in [-0.2, 0) is 9.53 Å². The molecule has 0 radical (unpaired) electrons. The molecule has 0 atom stereocenters. The summed E-state index contributed by atoms with van der Waals surface area (Å²) in [5.74, 6) is -0.348. The Balaban J connectivity index is 1.83. The highest BCUT2D eigenvalue weighted by Crippen LogP contribution is 2.33. The van der Waals surface area contributed by atoms with Crippen LogP contribution in [-0.4, -0.2) is 26.2 Å². The van der Waals surface area contributed by atoms with Crippen molar-refractivity contribution in [2.75, 3.05) is 25.1 Å². The predicted molar refractivity (Wildman–Crippen MR) is 107 cm³/mol. The molecule has 0 amide bonds. The Kier molecular flexibility index (Phi) is 5.92. The van der Waals surface area contributed by atoms with Crippen molar-refractivity contribution in [1.29, 1.82) is 0 Å². The molecule has 4 heteroatoms. The highest BCUT2D eigenvalue weighted by atomic mass is 79.9. The van der Waals surface area contributed by atoms with E-state index in [2.05, 4.69) is 55.9 Å². The lowest BCUT2D eigenvalue weighted by molar-refractivity contribution is -0.134. The number of hydrogen-bond acceptors (Lipinski definition) is 3. The fourth-order valence-electron chi connectivity index (χ4n) is 3.13. The van der Waals surface area contributed by atoms with Crippen molar-refractivity contribution < 1.29 is 9.53 Å². The van der Waals surface area contributed by atoms with Crippen LogP contribution in [0.4, 0.5) is 5.69 Å². The van der Waals surface area contributed by atoms with Crippen molar-refractivity contribution in [2.45, 2.75) is 19.3 Å². The van der Waals surface area contributed by atoms with E-state index in [1.165, 1.54) is 38.1 Å². The van der Waals surface area contributed by atoms with Gasteiger partial charge in [-0.05, 0) is 76.2 Å². The second-order valence-electron chi connectivity index (χ2n) is 6.20. The third-order valence-corrected chi connectivity index (χ3v) is 5.11. The molecule has 3 nitrogen and oxygen atoms in total. The average molecular weight is 400 g/mol. The lowest BCUT2D eigenvalue weighted by Gasteiger charge is -2.29. The van der Waals surface area contributed by atoms with E-state index in [1.54, 1.807) is 6.08 Å². The van der Waals surface area contributed by atoms with Gasteiger partial charge in [0.05, 0.1) is 12.8 Å². The van der Waals surface area contributed by atoms with Crippen LogP contribution in [0.3, 0.4) is 0 Å². The Morgan fingerprint density at radius 3 is 2.56 bits per heavy atom. The van der Waals surface area contributed by atoms with E-state index in [9.17, 15) is 4.79 Å². The maximum atomic E-state index is 11.3. The van der Waals surface area contributed by atoms with Crippen LogP contribution in [0.2, 0.25) is 0 Å². The number of nitrogens with zero attached hydrogens (tertiary/aromatic N) is 1. The number of piperidine rings is 1. The number of carbonyl (C=O) groups is 1. The van der Waals surface area contributed by atoms with E-state index in [4.69, 9.17) is 0 Å². The molecular weight excluding hydrogens is 378 g/mol. The van der Waals surface area contributed by atoms with Crippen LogP contribution in [0, 0.1) is 0 Å². The number of anilines is 1. The van der Waals surface area contributed by atoms with Crippen LogP contribution >= 0.6 is 15.9 Å². The maximum Gasteiger partial charge on any atom is 0.330 e. The molecule has 0 bridgehead atoms. The van der Waals surface area contributed by atoms with E-state index < -0.39 is 0 Å².